The molecule has 2 heterocycles. The van der Waals surface area contributed by atoms with Crippen LogP contribution in [0.25, 0.3) is 0 Å². The standard InChI is InChI=1S/C16H22N2OS/c1-12-3-2-4-14(9-12)16-18(15(19)11-20-16)10-13-5-7-17-8-6-13/h2-4,9,13,16-17H,5-8,10-11H2,1H3/t16-/m0/s1. The topological polar surface area (TPSA) is 32.3 Å². The van der Waals surface area contributed by atoms with Gasteiger partial charge in [0.05, 0.1) is 5.75 Å². The van der Waals surface area contributed by atoms with E-state index in [0.29, 0.717) is 17.6 Å². The summed E-state index contributed by atoms with van der Waals surface area (Å²) in [4.78, 5) is 14.3. The Bertz CT molecular complexity index is 485. The highest BCUT2D eigenvalue weighted by atomic mass is 32.2. The number of piperidine rings is 1. The summed E-state index contributed by atoms with van der Waals surface area (Å²) in [5.41, 5.74) is 2.54. The van der Waals surface area contributed by atoms with E-state index in [1.54, 1.807) is 11.8 Å². The van der Waals surface area contributed by atoms with E-state index in [4.69, 9.17) is 0 Å². The lowest BCUT2D eigenvalue weighted by atomic mass is 9.97. The van der Waals surface area contributed by atoms with Gasteiger partial charge in [-0.15, -0.1) is 11.8 Å². The summed E-state index contributed by atoms with van der Waals surface area (Å²) in [7, 11) is 0. The molecule has 3 nitrogen and oxygen atoms in total. The van der Waals surface area contributed by atoms with Gasteiger partial charge in [-0.2, -0.15) is 0 Å². The summed E-state index contributed by atoms with van der Waals surface area (Å²) in [5, 5.41) is 3.61. The lowest BCUT2D eigenvalue weighted by Crippen LogP contribution is -2.38. The molecule has 1 aromatic carbocycles. The molecule has 3 rings (SSSR count). The number of benzene rings is 1. The third kappa shape index (κ3) is 3.01. The average Bonchev–Trinajstić information content (AvgIpc) is 2.82. The minimum absolute atomic E-state index is 0.220. The van der Waals surface area contributed by atoms with Gasteiger partial charge in [0.1, 0.15) is 5.37 Å². The van der Waals surface area contributed by atoms with Crippen molar-refractivity contribution in [3.05, 3.63) is 35.4 Å². The molecule has 2 aliphatic heterocycles. The maximum Gasteiger partial charge on any atom is 0.233 e. The molecule has 0 aliphatic carbocycles. The molecule has 0 radical (unpaired) electrons. The first-order valence-corrected chi connectivity index (χ1v) is 8.47. The minimum Gasteiger partial charge on any atom is -0.326 e. The maximum absolute atomic E-state index is 12.2. The molecule has 1 amide bonds. The number of amides is 1. The number of hydrogen-bond acceptors (Lipinski definition) is 3. The van der Waals surface area contributed by atoms with Gasteiger partial charge in [0.2, 0.25) is 5.91 Å². The molecular formula is C16H22N2OS. The number of aryl methyl sites for hydroxylation is 1. The van der Waals surface area contributed by atoms with Crippen molar-refractivity contribution in [1.82, 2.24) is 10.2 Å². The molecule has 1 aromatic rings. The minimum atomic E-state index is 0.220. The van der Waals surface area contributed by atoms with Crippen LogP contribution >= 0.6 is 11.8 Å². The molecule has 2 fully saturated rings. The monoisotopic (exact) mass is 290 g/mol. The lowest BCUT2D eigenvalue weighted by molar-refractivity contribution is -0.128. The van der Waals surface area contributed by atoms with Gasteiger partial charge in [-0.25, -0.2) is 0 Å². The molecule has 0 unspecified atom stereocenters. The van der Waals surface area contributed by atoms with Gasteiger partial charge < -0.3 is 10.2 Å². The van der Waals surface area contributed by atoms with E-state index in [1.807, 2.05) is 0 Å². The number of nitrogens with zero attached hydrogens (tertiary/aromatic N) is 1. The van der Waals surface area contributed by atoms with Crippen LogP contribution in [0.15, 0.2) is 24.3 Å². The van der Waals surface area contributed by atoms with Crippen molar-refractivity contribution in [2.24, 2.45) is 5.92 Å². The summed E-state index contributed by atoms with van der Waals surface area (Å²) >= 11 is 1.77. The third-order valence-electron chi connectivity index (χ3n) is 4.21. The molecule has 0 aromatic heterocycles. The van der Waals surface area contributed by atoms with Crippen molar-refractivity contribution in [2.75, 3.05) is 25.4 Å². The first-order valence-electron chi connectivity index (χ1n) is 7.42. The van der Waals surface area contributed by atoms with Crippen LogP contribution in [-0.2, 0) is 4.79 Å². The Morgan fingerprint density at radius 1 is 1.35 bits per heavy atom. The fourth-order valence-electron chi connectivity index (χ4n) is 3.09. The SMILES string of the molecule is Cc1cccc([C@@H]2SCC(=O)N2CC2CCNCC2)c1. The summed E-state index contributed by atoms with van der Waals surface area (Å²) in [6.07, 6.45) is 2.38. The lowest BCUT2D eigenvalue weighted by Gasteiger charge is -2.31. The first kappa shape index (κ1) is 14.0. The normalized spacial score (nSPS) is 24.4. The number of rotatable bonds is 3. The van der Waals surface area contributed by atoms with Gasteiger partial charge in [-0.3, -0.25) is 4.79 Å². The second-order valence-corrected chi connectivity index (χ2v) is 6.89. The van der Waals surface area contributed by atoms with E-state index in [2.05, 4.69) is 41.4 Å². The Morgan fingerprint density at radius 2 is 2.15 bits per heavy atom. The highest BCUT2D eigenvalue weighted by Crippen LogP contribution is 2.39. The van der Waals surface area contributed by atoms with Crippen LogP contribution in [0.2, 0.25) is 0 Å². The van der Waals surface area contributed by atoms with Crippen molar-refractivity contribution >= 4 is 17.7 Å². The third-order valence-corrected chi connectivity index (χ3v) is 5.47. The van der Waals surface area contributed by atoms with Gasteiger partial charge in [0.25, 0.3) is 0 Å². The number of hydrogen-bond donors (Lipinski definition) is 1. The van der Waals surface area contributed by atoms with E-state index < -0.39 is 0 Å². The van der Waals surface area contributed by atoms with Gasteiger partial charge in [0.15, 0.2) is 0 Å². The molecule has 1 N–H and O–H groups in total. The summed E-state index contributed by atoms with van der Waals surface area (Å²) < 4.78 is 0. The number of carbonyl (C=O) groups is 1. The number of nitrogens with one attached hydrogen (secondary N) is 1. The summed E-state index contributed by atoms with van der Waals surface area (Å²) in [6.45, 7) is 5.22. The van der Waals surface area contributed by atoms with E-state index in [0.717, 1.165) is 19.6 Å². The largest absolute Gasteiger partial charge is 0.326 e. The first-order chi connectivity index (χ1) is 9.74. The Balaban J connectivity index is 1.74. The van der Waals surface area contributed by atoms with E-state index in [1.165, 1.54) is 24.0 Å². The van der Waals surface area contributed by atoms with Gasteiger partial charge in [-0.1, -0.05) is 29.8 Å². The second-order valence-electron chi connectivity index (χ2n) is 5.82. The Hall–Kier alpha value is -1.00. The Morgan fingerprint density at radius 3 is 2.90 bits per heavy atom. The van der Waals surface area contributed by atoms with E-state index in [-0.39, 0.29) is 5.37 Å². The number of carbonyl (C=O) groups excluding carboxylic acids is 1. The molecule has 1 atom stereocenters. The quantitative estimate of drug-likeness (QED) is 0.928. The van der Waals surface area contributed by atoms with Gasteiger partial charge in [0, 0.05) is 6.54 Å². The van der Waals surface area contributed by atoms with Crippen LogP contribution in [0.5, 0.6) is 0 Å². The second kappa shape index (κ2) is 6.19. The fourth-order valence-corrected chi connectivity index (χ4v) is 4.28. The Labute approximate surface area is 125 Å². The van der Waals surface area contributed by atoms with Crippen LogP contribution in [0, 0.1) is 12.8 Å². The van der Waals surface area contributed by atoms with Crippen LogP contribution in [0.1, 0.15) is 29.3 Å². The predicted molar refractivity (Wildman–Crippen MR) is 83.7 cm³/mol. The van der Waals surface area contributed by atoms with Crippen molar-refractivity contribution in [3.8, 4) is 0 Å². The molecule has 0 bridgehead atoms. The Kier molecular flexibility index (Phi) is 4.32. The average molecular weight is 290 g/mol. The fraction of sp³-hybridized carbons (Fsp3) is 0.562. The van der Waals surface area contributed by atoms with Crippen molar-refractivity contribution in [1.29, 1.82) is 0 Å². The predicted octanol–water partition coefficient (Wildman–Crippen LogP) is 2.57. The van der Waals surface area contributed by atoms with Crippen LogP contribution in [-0.4, -0.2) is 36.2 Å². The molecule has 0 spiro atoms. The van der Waals surface area contributed by atoms with Crippen molar-refractivity contribution in [2.45, 2.75) is 25.1 Å². The molecule has 0 saturated carbocycles. The van der Waals surface area contributed by atoms with Gasteiger partial charge >= 0.3 is 0 Å². The highest BCUT2D eigenvalue weighted by molar-refractivity contribution is 8.00. The van der Waals surface area contributed by atoms with Crippen LogP contribution in [0.3, 0.4) is 0 Å². The zero-order chi connectivity index (χ0) is 13.9. The van der Waals surface area contributed by atoms with E-state index in [9.17, 15) is 4.79 Å². The summed E-state index contributed by atoms with van der Waals surface area (Å²) in [6, 6.07) is 8.57. The maximum atomic E-state index is 12.2. The van der Waals surface area contributed by atoms with Crippen molar-refractivity contribution in [3.63, 3.8) is 0 Å². The molecule has 2 saturated heterocycles. The zero-order valence-corrected chi connectivity index (χ0v) is 12.8. The molecule has 2 aliphatic rings. The van der Waals surface area contributed by atoms with Gasteiger partial charge in [-0.05, 0) is 44.3 Å². The van der Waals surface area contributed by atoms with Crippen molar-refractivity contribution < 1.29 is 4.79 Å². The molecule has 4 heteroatoms. The smallest absolute Gasteiger partial charge is 0.233 e. The number of thioether (sulfide) groups is 1. The highest BCUT2D eigenvalue weighted by Gasteiger charge is 2.34. The zero-order valence-electron chi connectivity index (χ0n) is 12.0. The summed E-state index contributed by atoms with van der Waals surface area (Å²) in [5.74, 6) is 1.59. The van der Waals surface area contributed by atoms with E-state index >= 15 is 0 Å². The van der Waals surface area contributed by atoms with Crippen LogP contribution < -0.4 is 5.32 Å². The molecular weight excluding hydrogens is 268 g/mol. The van der Waals surface area contributed by atoms with Crippen LogP contribution in [0.4, 0.5) is 0 Å². The molecule has 108 valence electrons. The molecule has 20 heavy (non-hydrogen) atoms.